The van der Waals surface area contributed by atoms with E-state index in [-0.39, 0.29) is 24.3 Å². The van der Waals surface area contributed by atoms with Gasteiger partial charge in [-0.05, 0) is 39.2 Å². The number of fused-ring (bicyclic) bond motifs is 1. The molecule has 1 aromatic rings. The van der Waals surface area contributed by atoms with Crippen molar-refractivity contribution in [3.05, 3.63) is 33.9 Å². The maximum Gasteiger partial charge on any atom is 0.342 e. The molecular weight excluding hydrogens is 343 g/mol. The Bertz CT molecular complexity index is 760. The van der Waals surface area contributed by atoms with Gasteiger partial charge in [-0.2, -0.15) is 0 Å². The van der Waals surface area contributed by atoms with Gasteiger partial charge in [0.25, 0.3) is 0 Å². The number of methoxy groups -OCH3 is 1. The van der Waals surface area contributed by atoms with Crippen molar-refractivity contribution in [2.45, 2.75) is 26.9 Å². The fourth-order valence-electron chi connectivity index (χ4n) is 2.79. The van der Waals surface area contributed by atoms with Crippen molar-refractivity contribution in [1.82, 2.24) is 0 Å². The fraction of sp³-hybridized carbons (Fsp3) is 0.500. The molecule has 0 saturated carbocycles. The van der Waals surface area contributed by atoms with Crippen LogP contribution in [0.5, 0.6) is 11.5 Å². The highest BCUT2D eigenvalue weighted by Gasteiger charge is 2.31. The minimum Gasteiger partial charge on any atom is -0.507 e. The highest BCUT2D eigenvalue weighted by Crippen LogP contribution is 2.42. The van der Waals surface area contributed by atoms with E-state index in [2.05, 4.69) is 0 Å². The lowest BCUT2D eigenvalue weighted by Gasteiger charge is -2.16. The first-order valence-electron chi connectivity index (χ1n) is 8.01. The number of allylic oxidation sites excluding steroid dienone is 1. The van der Waals surface area contributed by atoms with Gasteiger partial charge in [0.1, 0.15) is 30.8 Å². The number of hydrogen-bond acceptors (Lipinski definition) is 6. The van der Waals surface area contributed by atoms with Crippen LogP contribution in [0.1, 0.15) is 34.0 Å². The minimum absolute atomic E-state index is 0.0865. The average molecular weight is 368 g/mol. The summed E-state index contributed by atoms with van der Waals surface area (Å²) in [5, 5.41) is 10.5. The first kappa shape index (κ1) is 19.5. The molecule has 0 bridgehead atoms. The van der Waals surface area contributed by atoms with Crippen LogP contribution in [0.2, 0.25) is 0 Å². The number of cyclic esters (lactones) is 1. The molecule has 1 aromatic carbocycles. The highest BCUT2D eigenvalue weighted by molar-refractivity contribution is 7.62. The normalized spacial score (nSPS) is 14.4. The monoisotopic (exact) mass is 368 g/mol. The van der Waals surface area contributed by atoms with Crippen LogP contribution in [0.25, 0.3) is 0 Å². The zero-order chi connectivity index (χ0) is 18.8. The number of rotatable bonds is 7. The fourth-order valence-corrected chi connectivity index (χ4v) is 3.32. The summed E-state index contributed by atoms with van der Waals surface area (Å²) in [5.41, 5.74) is 3.20. The average Bonchev–Trinajstić information content (AvgIpc) is 2.90. The quantitative estimate of drug-likeness (QED) is 0.451. The number of carbonyl (C=O) groups is 1. The van der Waals surface area contributed by atoms with E-state index in [1.165, 1.54) is 7.11 Å². The van der Waals surface area contributed by atoms with Gasteiger partial charge in [-0.15, -0.1) is 0 Å². The van der Waals surface area contributed by atoms with E-state index in [0.717, 1.165) is 11.1 Å². The van der Waals surface area contributed by atoms with E-state index in [0.29, 0.717) is 29.9 Å². The molecule has 7 heteroatoms. The summed E-state index contributed by atoms with van der Waals surface area (Å²) in [6.45, 7) is 7.63. The van der Waals surface area contributed by atoms with Crippen molar-refractivity contribution < 1.29 is 28.7 Å². The molecule has 2 rings (SSSR count). The number of carbonyl (C=O) groups excluding carboxylic acids is 1. The number of hydrogen-bond donors (Lipinski definition) is 1. The third kappa shape index (κ3) is 4.44. The number of phenolic OH excluding ortho intramolecular Hbond substituents is 1. The second-order valence-electron chi connectivity index (χ2n) is 6.72. The molecule has 1 heterocycles. The van der Waals surface area contributed by atoms with Gasteiger partial charge in [-0.3, -0.25) is 0 Å². The van der Waals surface area contributed by atoms with Gasteiger partial charge in [-0.25, -0.2) is 4.79 Å². The Morgan fingerprint density at radius 3 is 2.68 bits per heavy atom. The summed E-state index contributed by atoms with van der Waals surface area (Å²) in [7, 11) is -0.666. The molecule has 1 N–H and O–H groups in total. The van der Waals surface area contributed by atoms with Gasteiger partial charge >= 0.3 is 5.97 Å². The van der Waals surface area contributed by atoms with Gasteiger partial charge in [0.2, 0.25) is 0 Å². The van der Waals surface area contributed by atoms with E-state index in [1.807, 2.05) is 19.9 Å². The molecule has 0 saturated heterocycles. The first-order valence-corrected chi connectivity index (χ1v) is 10.8. The lowest BCUT2D eigenvalue weighted by Crippen LogP contribution is -2.03. The smallest absolute Gasteiger partial charge is 0.342 e. The number of benzene rings is 1. The molecule has 6 nitrogen and oxygen atoms in total. The van der Waals surface area contributed by atoms with Crippen LogP contribution in [-0.4, -0.2) is 44.5 Å². The maximum atomic E-state index is 11.9. The summed E-state index contributed by atoms with van der Waals surface area (Å²) < 4.78 is 27.6. The van der Waals surface area contributed by atoms with Gasteiger partial charge in [-0.1, -0.05) is 11.6 Å². The maximum absolute atomic E-state index is 11.9. The molecule has 0 amide bonds. The molecule has 0 unspecified atom stereocenters. The summed E-state index contributed by atoms with van der Waals surface area (Å²) in [4.78, 5) is 11.9. The van der Waals surface area contributed by atoms with Crippen molar-refractivity contribution >= 4 is 13.1 Å². The number of aromatic hydroxyl groups is 1. The second-order valence-corrected chi connectivity index (χ2v) is 10.1. The summed E-state index contributed by atoms with van der Waals surface area (Å²) in [6.07, 6.45) is 2.53. The molecule has 0 aliphatic carbocycles. The number of ether oxygens (including phenoxy) is 3. The van der Waals surface area contributed by atoms with Crippen LogP contribution in [0.3, 0.4) is 0 Å². The molecular formula is C18H25O6P. The Morgan fingerprint density at radius 2 is 2.08 bits per heavy atom. The predicted molar refractivity (Wildman–Crippen MR) is 96.2 cm³/mol. The Labute approximate surface area is 148 Å². The SMILES string of the molecule is COc1c(C)c2c(c(O)c1C/C=C(\C)COCP(C)(C)=O)C(=O)OC2. The van der Waals surface area contributed by atoms with Crippen LogP contribution >= 0.6 is 7.14 Å². The molecule has 0 spiro atoms. The first-order chi connectivity index (χ1) is 11.7. The molecule has 25 heavy (non-hydrogen) atoms. The number of esters is 1. The third-order valence-electron chi connectivity index (χ3n) is 4.03. The molecule has 0 radical (unpaired) electrons. The Kier molecular flexibility index (Phi) is 5.96. The molecule has 0 aromatic heterocycles. The van der Waals surface area contributed by atoms with E-state index in [9.17, 15) is 14.5 Å². The van der Waals surface area contributed by atoms with E-state index in [1.54, 1.807) is 13.3 Å². The van der Waals surface area contributed by atoms with E-state index < -0.39 is 13.1 Å². The van der Waals surface area contributed by atoms with Crippen LogP contribution in [0, 0.1) is 6.92 Å². The Hall–Kier alpha value is -1.78. The second kappa shape index (κ2) is 7.63. The Morgan fingerprint density at radius 1 is 1.40 bits per heavy atom. The standard InChI is InChI=1S/C18H25O6P/c1-11(8-23-10-25(4,5)21)6-7-13-16(19)15-14(9-24-18(15)20)12(2)17(13)22-3/h6,19H,7-10H2,1-5H3/b11-6+. The summed E-state index contributed by atoms with van der Waals surface area (Å²) in [5.74, 6) is -0.0344. The number of phenols is 1. The molecule has 1 aliphatic heterocycles. The van der Waals surface area contributed by atoms with Crippen molar-refractivity contribution in [2.24, 2.45) is 0 Å². The highest BCUT2D eigenvalue weighted by atomic mass is 31.2. The van der Waals surface area contributed by atoms with Crippen molar-refractivity contribution in [2.75, 3.05) is 33.4 Å². The molecule has 1 aliphatic rings. The Balaban J connectivity index is 2.23. The van der Waals surface area contributed by atoms with Crippen LogP contribution < -0.4 is 4.74 Å². The molecule has 138 valence electrons. The zero-order valence-electron chi connectivity index (χ0n) is 15.3. The lowest BCUT2D eigenvalue weighted by molar-refractivity contribution is 0.0533. The van der Waals surface area contributed by atoms with Crippen LogP contribution in [0.15, 0.2) is 11.6 Å². The molecule has 0 fully saturated rings. The lowest BCUT2D eigenvalue weighted by atomic mass is 9.95. The van der Waals surface area contributed by atoms with Gasteiger partial charge in [0.15, 0.2) is 0 Å². The van der Waals surface area contributed by atoms with Crippen molar-refractivity contribution in [3.63, 3.8) is 0 Å². The predicted octanol–water partition coefficient (Wildman–Crippen LogP) is 3.47. The largest absolute Gasteiger partial charge is 0.507 e. The zero-order valence-corrected chi connectivity index (χ0v) is 16.2. The van der Waals surface area contributed by atoms with Gasteiger partial charge in [0.05, 0.1) is 20.1 Å². The third-order valence-corrected chi connectivity index (χ3v) is 4.84. The molecule has 0 atom stereocenters. The summed E-state index contributed by atoms with van der Waals surface area (Å²) in [6, 6.07) is 0. The summed E-state index contributed by atoms with van der Waals surface area (Å²) >= 11 is 0. The van der Waals surface area contributed by atoms with Gasteiger partial charge < -0.3 is 23.9 Å². The van der Waals surface area contributed by atoms with Crippen molar-refractivity contribution in [3.8, 4) is 11.5 Å². The van der Waals surface area contributed by atoms with E-state index >= 15 is 0 Å². The minimum atomic E-state index is -2.20. The van der Waals surface area contributed by atoms with Gasteiger partial charge in [0, 0.05) is 11.1 Å². The van der Waals surface area contributed by atoms with Crippen molar-refractivity contribution in [1.29, 1.82) is 0 Å². The topological polar surface area (TPSA) is 82.1 Å². The van der Waals surface area contributed by atoms with Crippen LogP contribution in [0.4, 0.5) is 0 Å². The van der Waals surface area contributed by atoms with E-state index in [4.69, 9.17) is 14.2 Å². The van der Waals surface area contributed by atoms with Crippen LogP contribution in [-0.2, 0) is 27.1 Å².